The predicted octanol–water partition coefficient (Wildman–Crippen LogP) is 2.66. The van der Waals surface area contributed by atoms with Crippen LogP contribution >= 0.6 is 0 Å². The molecule has 150 valence electrons. The smallest absolute Gasteiger partial charge is 0.271 e. The highest BCUT2D eigenvalue weighted by Crippen LogP contribution is 2.58. The van der Waals surface area contributed by atoms with Gasteiger partial charge in [0.05, 0.1) is 0 Å². The first-order valence-electron chi connectivity index (χ1n) is 9.67. The summed E-state index contributed by atoms with van der Waals surface area (Å²) in [6, 6.07) is 13.6. The van der Waals surface area contributed by atoms with Gasteiger partial charge in [0.2, 0.25) is 11.3 Å². The summed E-state index contributed by atoms with van der Waals surface area (Å²) in [5, 5.41) is 14.5. The fraction of sp³-hybridized carbons (Fsp3) is 0.217. The number of nitrogens with one attached hydrogen (secondary N) is 1. The number of carbonyl (C=O) groups excluding carboxylic acids is 2. The lowest BCUT2D eigenvalue weighted by Gasteiger charge is -2.34. The molecule has 0 radical (unpaired) electrons. The molecule has 2 heterocycles. The third-order valence-electron chi connectivity index (χ3n) is 5.84. The molecule has 1 amide bonds. The van der Waals surface area contributed by atoms with Crippen LogP contribution in [0.3, 0.4) is 0 Å². The molecule has 1 aliphatic heterocycles. The maximum atomic E-state index is 13.7. The van der Waals surface area contributed by atoms with Crippen molar-refractivity contribution < 1.29 is 19.4 Å². The molecule has 0 saturated carbocycles. The van der Waals surface area contributed by atoms with Crippen LogP contribution in [0.15, 0.2) is 61.1 Å². The van der Waals surface area contributed by atoms with Gasteiger partial charge in [0, 0.05) is 22.9 Å². The zero-order valence-electron chi connectivity index (χ0n) is 16.4. The Kier molecular flexibility index (Phi) is 3.82. The van der Waals surface area contributed by atoms with E-state index in [0.717, 1.165) is 5.56 Å². The van der Waals surface area contributed by atoms with Crippen LogP contribution in [0.25, 0.3) is 0 Å². The molecule has 7 nitrogen and oxygen atoms in total. The average molecular weight is 401 g/mol. The van der Waals surface area contributed by atoms with Gasteiger partial charge in [0.25, 0.3) is 11.7 Å². The van der Waals surface area contributed by atoms with Gasteiger partial charge in [-0.1, -0.05) is 50.2 Å². The maximum Gasteiger partial charge on any atom is 0.271 e. The lowest BCUT2D eigenvalue weighted by Crippen LogP contribution is -2.60. The monoisotopic (exact) mass is 401 g/mol. The Bertz CT molecular complexity index is 1190. The van der Waals surface area contributed by atoms with Gasteiger partial charge in [0.1, 0.15) is 17.8 Å². The number of benzene rings is 2. The number of Topliss-reactive ketones (excluding diaryl/α,β-unsaturated/α-hetero) is 1. The molecule has 0 bridgehead atoms. The number of hydrogen-bond acceptors (Lipinski definition) is 6. The van der Waals surface area contributed by atoms with Crippen molar-refractivity contribution in [2.75, 3.05) is 0 Å². The average Bonchev–Trinajstić information content (AvgIpc) is 3.11. The summed E-state index contributed by atoms with van der Waals surface area (Å²) in [5.74, 6) is -2.51. The molecule has 30 heavy (non-hydrogen) atoms. The molecule has 2 unspecified atom stereocenters. The number of aliphatic hydroxyl groups is 1. The van der Waals surface area contributed by atoms with Gasteiger partial charge < -0.3 is 15.2 Å². The number of rotatable bonds is 3. The number of ketones is 1. The van der Waals surface area contributed by atoms with E-state index in [0.29, 0.717) is 22.4 Å². The Morgan fingerprint density at radius 3 is 2.67 bits per heavy atom. The minimum Gasteiger partial charge on any atom is -0.454 e. The number of ether oxygens (including phenoxy) is 1. The SMILES string of the molecule is CC(C)c1ccc2c(c1)OC1(O)c3ccccc3C(=O)C21NC(=O)c1ccncn1. The van der Waals surface area contributed by atoms with E-state index in [4.69, 9.17) is 4.74 Å². The van der Waals surface area contributed by atoms with Crippen molar-refractivity contribution in [3.63, 3.8) is 0 Å². The zero-order valence-corrected chi connectivity index (χ0v) is 16.4. The van der Waals surface area contributed by atoms with Crippen molar-refractivity contribution in [1.82, 2.24) is 15.3 Å². The van der Waals surface area contributed by atoms with Crippen molar-refractivity contribution in [2.45, 2.75) is 31.1 Å². The molecule has 1 aliphatic carbocycles. The second kappa shape index (κ2) is 6.21. The van der Waals surface area contributed by atoms with Crippen molar-refractivity contribution >= 4 is 11.7 Å². The van der Waals surface area contributed by atoms with Crippen LogP contribution in [0.2, 0.25) is 0 Å². The predicted molar refractivity (Wildman–Crippen MR) is 107 cm³/mol. The van der Waals surface area contributed by atoms with E-state index < -0.39 is 23.0 Å². The van der Waals surface area contributed by atoms with Crippen molar-refractivity contribution in [1.29, 1.82) is 0 Å². The summed E-state index contributed by atoms with van der Waals surface area (Å²) in [7, 11) is 0. The van der Waals surface area contributed by atoms with Crippen molar-refractivity contribution in [2.24, 2.45) is 0 Å². The molecule has 7 heteroatoms. The van der Waals surface area contributed by atoms with Crippen molar-refractivity contribution in [3.8, 4) is 5.75 Å². The summed E-state index contributed by atoms with van der Waals surface area (Å²) in [6.07, 6.45) is 2.68. The Labute approximate surface area is 172 Å². The van der Waals surface area contributed by atoms with Crippen LogP contribution in [-0.2, 0) is 11.3 Å². The standard InChI is InChI=1S/C23H19N3O4/c1-13(2)14-7-8-17-19(11-14)30-23(29)16-6-4-3-5-15(16)20(27)22(17,23)26-21(28)18-9-10-24-12-25-18/h3-13,29H,1-2H3,(H,26,28). The Hall–Kier alpha value is -3.58. The molecule has 1 aromatic heterocycles. The van der Waals surface area contributed by atoms with Gasteiger partial charge in [-0.05, 0) is 23.6 Å². The quantitative estimate of drug-likeness (QED) is 0.700. The lowest BCUT2D eigenvalue weighted by atomic mass is 9.82. The van der Waals surface area contributed by atoms with Crippen LogP contribution in [0, 0.1) is 0 Å². The number of carbonyl (C=O) groups is 2. The second-order valence-corrected chi connectivity index (χ2v) is 7.83. The van der Waals surface area contributed by atoms with Crippen LogP contribution in [-0.4, -0.2) is 26.8 Å². The fourth-order valence-electron chi connectivity index (χ4n) is 4.29. The number of aromatic nitrogens is 2. The minimum absolute atomic E-state index is 0.0812. The van der Waals surface area contributed by atoms with E-state index in [1.807, 2.05) is 26.0 Å². The summed E-state index contributed by atoms with van der Waals surface area (Å²) in [6.45, 7) is 4.08. The van der Waals surface area contributed by atoms with Crippen LogP contribution < -0.4 is 10.1 Å². The highest BCUT2D eigenvalue weighted by molar-refractivity contribution is 6.13. The molecule has 2 N–H and O–H groups in total. The van der Waals surface area contributed by atoms with E-state index in [-0.39, 0.29) is 11.6 Å². The number of hydrogen-bond donors (Lipinski definition) is 2. The molecule has 5 rings (SSSR count). The lowest BCUT2D eigenvalue weighted by molar-refractivity contribution is -0.169. The van der Waals surface area contributed by atoms with Gasteiger partial charge in [0.15, 0.2) is 0 Å². The van der Waals surface area contributed by atoms with Gasteiger partial charge >= 0.3 is 0 Å². The zero-order chi connectivity index (χ0) is 21.1. The van der Waals surface area contributed by atoms with E-state index in [2.05, 4.69) is 15.3 Å². The van der Waals surface area contributed by atoms with Gasteiger partial charge in [-0.3, -0.25) is 9.59 Å². The van der Waals surface area contributed by atoms with E-state index in [1.165, 1.54) is 18.6 Å². The van der Waals surface area contributed by atoms with Gasteiger partial charge in [-0.25, -0.2) is 9.97 Å². The fourth-order valence-corrected chi connectivity index (χ4v) is 4.29. The first-order valence-corrected chi connectivity index (χ1v) is 9.67. The first kappa shape index (κ1) is 18.4. The third-order valence-corrected chi connectivity index (χ3v) is 5.84. The molecule has 0 saturated heterocycles. The van der Waals surface area contributed by atoms with Crippen molar-refractivity contribution in [3.05, 3.63) is 89.0 Å². The molecular weight excluding hydrogens is 382 g/mol. The Balaban J connectivity index is 1.72. The second-order valence-electron chi connectivity index (χ2n) is 7.83. The number of amides is 1. The minimum atomic E-state index is -2.07. The topological polar surface area (TPSA) is 101 Å². The Morgan fingerprint density at radius 1 is 1.13 bits per heavy atom. The summed E-state index contributed by atoms with van der Waals surface area (Å²) >= 11 is 0. The van der Waals surface area contributed by atoms with Crippen LogP contribution in [0.1, 0.15) is 57.3 Å². The largest absolute Gasteiger partial charge is 0.454 e. The van der Waals surface area contributed by atoms with E-state index >= 15 is 0 Å². The molecule has 2 atom stereocenters. The van der Waals surface area contributed by atoms with E-state index in [9.17, 15) is 14.7 Å². The molecule has 2 aromatic carbocycles. The summed E-state index contributed by atoms with van der Waals surface area (Å²) in [4.78, 5) is 34.5. The van der Waals surface area contributed by atoms with Gasteiger partial charge in [-0.15, -0.1) is 0 Å². The van der Waals surface area contributed by atoms with E-state index in [1.54, 1.807) is 30.3 Å². The molecule has 2 aliphatic rings. The maximum absolute atomic E-state index is 13.7. The highest BCUT2D eigenvalue weighted by Gasteiger charge is 2.71. The van der Waals surface area contributed by atoms with Gasteiger partial charge in [-0.2, -0.15) is 0 Å². The Morgan fingerprint density at radius 2 is 1.93 bits per heavy atom. The molecule has 0 spiro atoms. The van der Waals surface area contributed by atoms with Crippen LogP contribution in [0.5, 0.6) is 5.75 Å². The third kappa shape index (κ3) is 2.23. The summed E-state index contributed by atoms with van der Waals surface area (Å²) in [5.41, 5.74) is 0.303. The normalized spacial score (nSPS) is 23.5. The molecule has 0 fully saturated rings. The highest BCUT2D eigenvalue weighted by atomic mass is 16.6. The number of fused-ring (bicyclic) bond motifs is 5. The first-order chi connectivity index (χ1) is 14.4. The number of nitrogens with zero attached hydrogens (tertiary/aromatic N) is 2. The molecule has 3 aromatic rings. The summed E-state index contributed by atoms with van der Waals surface area (Å²) < 4.78 is 6.03. The van der Waals surface area contributed by atoms with Crippen LogP contribution in [0.4, 0.5) is 0 Å². The molecular formula is C23H19N3O4.